The summed E-state index contributed by atoms with van der Waals surface area (Å²) in [5.41, 5.74) is 1.41. The number of piperidine rings is 3. The van der Waals surface area contributed by atoms with Crippen LogP contribution in [0, 0.1) is 5.92 Å². The lowest BCUT2D eigenvalue weighted by Crippen LogP contribution is -2.49. The van der Waals surface area contributed by atoms with Crippen molar-refractivity contribution in [1.29, 1.82) is 0 Å². The van der Waals surface area contributed by atoms with Crippen molar-refractivity contribution in [3.8, 4) is 5.75 Å². The van der Waals surface area contributed by atoms with E-state index in [9.17, 15) is 0 Å². The second-order valence-corrected chi connectivity index (χ2v) is 6.56. The highest BCUT2D eigenvalue weighted by Gasteiger charge is 2.33. The van der Waals surface area contributed by atoms with Crippen molar-refractivity contribution in [3.63, 3.8) is 0 Å². The Hall–Kier alpha value is -0.670. The molecule has 0 amide bonds. The third-order valence-electron chi connectivity index (χ3n) is 4.22. The molecular formula is C15H21NOS. The van der Waals surface area contributed by atoms with Gasteiger partial charge in [-0.3, -0.25) is 0 Å². The van der Waals surface area contributed by atoms with E-state index in [0.29, 0.717) is 0 Å². The number of thioether (sulfide) groups is 1. The predicted molar refractivity (Wildman–Crippen MR) is 77.2 cm³/mol. The first kappa shape index (κ1) is 12.4. The second-order valence-electron chi connectivity index (χ2n) is 5.34. The number of nitrogens with zero attached hydrogens (tertiary/aromatic N) is 1. The maximum Gasteiger partial charge on any atom is 0.118 e. The van der Waals surface area contributed by atoms with Crippen molar-refractivity contribution in [3.05, 3.63) is 29.8 Å². The van der Waals surface area contributed by atoms with Crippen LogP contribution in [0.1, 0.15) is 18.4 Å². The minimum absolute atomic E-state index is 0.856. The minimum Gasteiger partial charge on any atom is -0.497 e. The van der Waals surface area contributed by atoms with Gasteiger partial charge in [0.1, 0.15) is 5.75 Å². The lowest BCUT2D eigenvalue weighted by Gasteiger charge is -2.44. The van der Waals surface area contributed by atoms with E-state index >= 15 is 0 Å². The summed E-state index contributed by atoms with van der Waals surface area (Å²) >= 11 is 2.14. The van der Waals surface area contributed by atoms with Crippen LogP contribution in [-0.4, -0.2) is 36.9 Å². The topological polar surface area (TPSA) is 12.5 Å². The minimum atomic E-state index is 0.856. The van der Waals surface area contributed by atoms with E-state index in [4.69, 9.17) is 4.74 Å². The fourth-order valence-corrected chi connectivity index (χ4v) is 4.48. The molecule has 1 aromatic carbocycles. The lowest BCUT2D eigenvalue weighted by atomic mass is 9.88. The number of rotatable bonds is 4. The van der Waals surface area contributed by atoms with Crippen LogP contribution in [0.2, 0.25) is 0 Å². The standard InChI is InChI=1S/C15H21NOS/c1-17-14-4-2-12(3-5-14)11-18-15-10-16-8-6-13(15)7-9-16/h2-5,13,15H,6-11H2,1H3. The number of fused-ring (bicyclic) bond motifs is 3. The Morgan fingerprint density at radius 2 is 1.94 bits per heavy atom. The molecule has 2 nitrogen and oxygen atoms in total. The van der Waals surface area contributed by atoms with Crippen molar-refractivity contribution >= 4 is 11.8 Å². The molecule has 1 atom stereocenters. The maximum atomic E-state index is 5.19. The fraction of sp³-hybridized carbons (Fsp3) is 0.600. The third kappa shape index (κ3) is 2.67. The van der Waals surface area contributed by atoms with Crippen LogP contribution in [-0.2, 0) is 5.75 Å². The van der Waals surface area contributed by atoms with Gasteiger partial charge < -0.3 is 9.64 Å². The number of ether oxygens (including phenoxy) is 1. The van der Waals surface area contributed by atoms with Crippen LogP contribution in [0.5, 0.6) is 5.75 Å². The van der Waals surface area contributed by atoms with Gasteiger partial charge in [-0.15, -0.1) is 0 Å². The summed E-state index contributed by atoms with van der Waals surface area (Å²) in [5.74, 6) is 3.06. The van der Waals surface area contributed by atoms with Gasteiger partial charge in [0.05, 0.1) is 7.11 Å². The Morgan fingerprint density at radius 1 is 1.22 bits per heavy atom. The van der Waals surface area contributed by atoms with E-state index in [1.165, 1.54) is 38.0 Å². The molecule has 98 valence electrons. The molecular weight excluding hydrogens is 242 g/mol. The molecule has 0 saturated carbocycles. The van der Waals surface area contributed by atoms with Crippen LogP contribution >= 0.6 is 11.8 Å². The Labute approximate surface area is 114 Å². The number of methoxy groups -OCH3 is 1. The van der Waals surface area contributed by atoms with E-state index in [-0.39, 0.29) is 0 Å². The molecule has 2 bridgehead atoms. The molecule has 4 rings (SSSR count). The van der Waals surface area contributed by atoms with Crippen LogP contribution in [0.4, 0.5) is 0 Å². The Bertz CT molecular complexity index is 384. The quantitative estimate of drug-likeness (QED) is 0.828. The predicted octanol–water partition coefficient (Wildman–Crippen LogP) is 3.02. The highest BCUT2D eigenvalue weighted by Crippen LogP contribution is 2.36. The molecule has 0 spiro atoms. The summed E-state index contributed by atoms with van der Waals surface area (Å²) in [4.78, 5) is 2.63. The first-order valence-corrected chi connectivity index (χ1v) is 7.87. The van der Waals surface area contributed by atoms with Gasteiger partial charge in [-0.1, -0.05) is 12.1 Å². The molecule has 0 aromatic heterocycles. The van der Waals surface area contributed by atoms with Crippen LogP contribution in [0.3, 0.4) is 0 Å². The van der Waals surface area contributed by atoms with Gasteiger partial charge in [0.25, 0.3) is 0 Å². The van der Waals surface area contributed by atoms with E-state index in [2.05, 4.69) is 40.9 Å². The molecule has 0 N–H and O–H groups in total. The van der Waals surface area contributed by atoms with E-state index < -0.39 is 0 Å². The zero-order valence-corrected chi connectivity index (χ0v) is 11.8. The SMILES string of the molecule is COc1ccc(CSC2CN3CCC2CC3)cc1. The molecule has 3 aliphatic rings. The smallest absolute Gasteiger partial charge is 0.118 e. The van der Waals surface area contributed by atoms with E-state index in [1.807, 2.05) is 0 Å². The van der Waals surface area contributed by atoms with Gasteiger partial charge in [0.15, 0.2) is 0 Å². The molecule has 3 heterocycles. The average Bonchev–Trinajstić information content (AvgIpc) is 2.47. The van der Waals surface area contributed by atoms with Crippen molar-refractivity contribution < 1.29 is 4.74 Å². The number of hydrogen-bond donors (Lipinski definition) is 0. The van der Waals surface area contributed by atoms with Gasteiger partial charge >= 0.3 is 0 Å². The summed E-state index contributed by atoms with van der Waals surface area (Å²) in [7, 11) is 1.72. The Balaban J connectivity index is 1.54. The zero-order valence-electron chi connectivity index (χ0n) is 11.0. The highest BCUT2D eigenvalue weighted by atomic mass is 32.2. The Morgan fingerprint density at radius 3 is 2.50 bits per heavy atom. The third-order valence-corrected chi connectivity index (χ3v) is 5.68. The summed E-state index contributed by atoms with van der Waals surface area (Å²) in [6, 6.07) is 8.50. The molecule has 3 fully saturated rings. The van der Waals surface area contributed by atoms with Crippen molar-refractivity contribution in [2.24, 2.45) is 5.92 Å². The van der Waals surface area contributed by atoms with Crippen molar-refractivity contribution in [1.82, 2.24) is 4.90 Å². The fourth-order valence-electron chi connectivity index (χ4n) is 3.02. The molecule has 18 heavy (non-hydrogen) atoms. The van der Waals surface area contributed by atoms with Crippen LogP contribution in [0.15, 0.2) is 24.3 Å². The summed E-state index contributed by atoms with van der Waals surface area (Å²) in [6.45, 7) is 3.99. The summed E-state index contributed by atoms with van der Waals surface area (Å²) < 4.78 is 5.19. The van der Waals surface area contributed by atoms with Crippen molar-refractivity contribution in [2.75, 3.05) is 26.7 Å². The van der Waals surface area contributed by atoms with Gasteiger partial charge in [-0.05, 0) is 49.5 Å². The molecule has 1 aromatic rings. The van der Waals surface area contributed by atoms with Crippen LogP contribution < -0.4 is 4.74 Å². The molecule has 0 aliphatic carbocycles. The number of hydrogen-bond acceptors (Lipinski definition) is 3. The first-order valence-electron chi connectivity index (χ1n) is 6.82. The summed E-state index contributed by atoms with van der Waals surface area (Å²) in [5, 5.41) is 0.856. The average molecular weight is 263 g/mol. The van der Waals surface area contributed by atoms with Gasteiger partial charge in [0.2, 0.25) is 0 Å². The lowest BCUT2D eigenvalue weighted by molar-refractivity contribution is 0.118. The highest BCUT2D eigenvalue weighted by molar-refractivity contribution is 7.99. The zero-order chi connectivity index (χ0) is 12.4. The number of benzene rings is 1. The first-order chi connectivity index (χ1) is 8.85. The van der Waals surface area contributed by atoms with E-state index in [1.54, 1.807) is 7.11 Å². The van der Waals surface area contributed by atoms with Crippen LogP contribution in [0.25, 0.3) is 0 Å². The maximum absolute atomic E-state index is 5.19. The molecule has 3 aliphatic heterocycles. The molecule has 3 heteroatoms. The van der Waals surface area contributed by atoms with E-state index in [0.717, 1.165) is 22.7 Å². The largest absolute Gasteiger partial charge is 0.497 e. The monoisotopic (exact) mass is 263 g/mol. The van der Waals surface area contributed by atoms with Gasteiger partial charge in [-0.2, -0.15) is 11.8 Å². The normalized spacial score (nSPS) is 30.4. The van der Waals surface area contributed by atoms with Gasteiger partial charge in [-0.25, -0.2) is 0 Å². The molecule has 0 radical (unpaired) electrons. The second kappa shape index (κ2) is 5.54. The van der Waals surface area contributed by atoms with Gasteiger partial charge in [0, 0.05) is 17.5 Å². The summed E-state index contributed by atoms with van der Waals surface area (Å²) in [6.07, 6.45) is 2.83. The van der Waals surface area contributed by atoms with Crippen molar-refractivity contribution in [2.45, 2.75) is 23.8 Å². The molecule has 3 saturated heterocycles. The molecule has 1 unspecified atom stereocenters. The Kier molecular flexibility index (Phi) is 3.80.